The van der Waals surface area contributed by atoms with E-state index in [0.29, 0.717) is 5.56 Å². The summed E-state index contributed by atoms with van der Waals surface area (Å²) in [5.41, 5.74) is 1.07. The first-order valence-electron chi connectivity index (χ1n) is 4.08. The van der Waals surface area contributed by atoms with Crippen molar-refractivity contribution in [1.82, 2.24) is 4.98 Å². The van der Waals surface area contributed by atoms with Crippen molar-refractivity contribution in [3.63, 3.8) is 0 Å². The van der Waals surface area contributed by atoms with Crippen LogP contribution >= 0.6 is 0 Å². The molecule has 0 aliphatic rings. The predicted molar refractivity (Wildman–Crippen MR) is 46.5 cm³/mol. The average molecular weight is 155 g/mol. The highest BCUT2D eigenvalue weighted by Gasteiger charge is 1.94. The molecule has 0 amide bonds. The second-order valence-corrected chi connectivity index (χ2v) is 2.45. The standard InChI is InChI=1S/C10H6N2/c11-6-8-5-9-3-1-2-4-10(9)12-7-8/h1-5,7H/i7D. The molecule has 2 aromatic rings. The molecule has 1 aromatic heterocycles. The van der Waals surface area contributed by atoms with Crippen LogP contribution in [0.3, 0.4) is 0 Å². The lowest BCUT2D eigenvalue weighted by Gasteiger charge is -1.94. The van der Waals surface area contributed by atoms with Crippen LogP contribution in [0.1, 0.15) is 6.93 Å². The Hall–Kier alpha value is -1.88. The summed E-state index contributed by atoms with van der Waals surface area (Å²) in [6.45, 7) is 0. The highest BCUT2D eigenvalue weighted by Crippen LogP contribution is 2.11. The molecule has 0 saturated carbocycles. The van der Waals surface area contributed by atoms with Crippen LogP contribution in [-0.4, -0.2) is 4.98 Å². The van der Waals surface area contributed by atoms with Crippen molar-refractivity contribution in [3.8, 4) is 6.07 Å². The first kappa shape index (κ1) is 5.73. The highest BCUT2D eigenvalue weighted by atomic mass is 14.6. The number of benzene rings is 1. The van der Waals surface area contributed by atoms with E-state index in [0.717, 1.165) is 10.9 Å². The topological polar surface area (TPSA) is 36.7 Å². The summed E-state index contributed by atoms with van der Waals surface area (Å²) in [7, 11) is 0. The number of aromatic nitrogens is 1. The van der Waals surface area contributed by atoms with E-state index >= 15 is 0 Å². The van der Waals surface area contributed by atoms with Gasteiger partial charge in [0.1, 0.15) is 6.07 Å². The van der Waals surface area contributed by atoms with Gasteiger partial charge in [0.2, 0.25) is 0 Å². The van der Waals surface area contributed by atoms with Crippen molar-refractivity contribution in [2.45, 2.75) is 0 Å². The number of hydrogen-bond donors (Lipinski definition) is 0. The van der Waals surface area contributed by atoms with Crippen LogP contribution in [0.25, 0.3) is 10.9 Å². The molecule has 0 saturated heterocycles. The van der Waals surface area contributed by atoms with Gasteiger partial charge in [0.25, 0.3) is 0 Å². The van der Waals surface area contributed by atoms with E-state index in [1.54, 1.807) is 6.07 Å². The molecule has 0 atom stereocenters. The molecule has 2 nitrogen and oxygen atoms in total. The number of nitrogens with zero attached hydrogens (tertiary/aromatic N) is 2. The molecule has 2 rings (SSSR count). The molecule has 0 aliphatic heterocycles. The van der Waals surface area contributed by atoms with Crippen LogP contribution < -0.4 is 0 Å². The summed E-state index contributed by atoms with van der Waals surface area (Å²) in [6, 6.07) is 11.1. The van der Waals surface area contributed by atoms with E-state index in [9.17, 15) is 0 Å². The zero-order valence-electron chi connectivity index (χ0n) is 7.28. The SMILES string of the molecule is [2H]c1nc2ccccc2cc1C#N. The fraction of sp³-hybridized carbons (Fsp3) is 0. The second-order valence-electron chi connectivity index (χ2n) is 2.45. The Labute approximate surface area is 71.5 Å². The number of nitriles is 1. The van der Waals surface area contributed by atoms with E-state index in [1.807, 2.05) is 30.3 Å². The van der Waals surface area contributed by atoms with Crippen LogP contribution in [0, 0.1) is 11.3 Å². The molecular formula is C10H6N2. The zero-order valence-corrected chi connectivity index (χ0v) is 6.28. The lowest BCUT2D eigenvalue weighted by Crippen LogP contribution is -1.80. The Morgan fingerprint density at radius 2 is 2.25 bits per heavy atom. The summed E-state index contributed by atoms with van der Waals surface area (Å²) in [6.07, 6.45) is 0.0428. The third-order valence-corrected chi connectivity index (χ3v) is 1.65. The van der Waals surface area contributed by atoms with Gasteiger partial charge in [0.15, 0.2) is 0 Å². The Bertz CT molecular complexity index is 500. The van der Waals surface area contributed by atoms with Gasteiger partial charge in [-0.05, 0) is 12.1 Å². The van der Waals surface area contributed by atoms with Crippen molar-refractivity contribution in [1.29, 1.82) is 5.26 Å². The number of rotatable bonds is 0. The van der Waals surface area contributed by atoms with E-state index in [1.165, 1.54) is 0 Å². The van der Waals surface area contributed by atoms with Crippen molar-refractivity contribution >= 4 is 10.9 Å². The van der Waals surface area contributed by atoms with Crippen LogP contribution in [-0.2, 0) is 0 Å². The second kappa shape index (κ2) is 2.63. The third kappa shape index (κ3) is 1.02. The van der Waals surface area contributed by atoms with Crippen LogP contribution in [0.5, 0.6) is 0 Å². The summed E-state index contributed by atoms with van der Waals surface area (Å²) in [4.78, 5) is 3.99. The fourth-order valence-corrected chi connectivity index (χ4v) is 1.08. The van der Waals surface area contributed by atoms with Crippen LogP contribution in [0.15, 0.2) is 36.5 Å². The van der Waals surface area contributed by atoms with Crippen LogP contribution in [0.2, 0.25) is 0 Å². The molecule has 0 N–H and O–H groups in total. The monoisotopic (exact) mass is 155 g/mol. The zero-order chi connectivity index (χ0) is 9.26. The predicted octanol–water partition coefficient (Wildman–Crippen LogP) is 2.11. The summed E-state index contributed by atoms with van der Waals surface area (Å²) >= 11 is 0. The van der Waals surface area contributed by atoms with E-state index in [2.05, 4.69) is 4.98 Å². The maximum Gasteiger partial charge on any atom is 0.101 e. The largest absolute Gasteiger partial charge is 0.255 e. The number of hydrogen-bond acceptors (Lipinski definition) is 2. The highest BCUT2D eigenvalue weighted by molar-refractivity contribution is 5.79. The third-order valence-electron chi connectivity index (χ3n) is 1.65. The van der Waals surface area contributed by atoms with Gasteiger partial charge in [-0.15, -0.1) is 0 Å². The minimum atomic E-state index is 0.0428. The number of pyridine rings is 1. The molecule has 1 aromatic carbocycles. The first-order valence-corrected chi connectivity index (χ1v) is 3.58. The Morgan fingerprint density at radius 1 is 1.42 bits per heavy atom. The number of para-hydroxylation sites is 1. The molecular weight excluding hydrogens is 148 g/mol. The Morgan fingerprint density at radius 3 is 3.08 bits per heavy atom. The normalized spacial score (nSPS) is 10.8. The Kier molecular flexibility index (Phi) is 1.26. The first-order chi connectivity index (χ1) is 6.31. The van der Waals surface area contributed by atoms with Gasteiger partial charge in [0.05, 0.1) is 12.5 Å². The quantitative estimate of drug-likeness (QED) is 0.584. The lowest BCUT2D eigenvalue weighted by atomic mass is 10.2. The minimum Gasteiger partial charge on any atom is -0.255 e. The lowest BCUT2D eigenvalue weighted by molar-refractivity contribution is 1.37. The summed E-state index contributed by atoms with van der Waals surface area (Å²) in [5, 5.41) is 9.57. The molecule has 12 heavy (non-hydrogen) atoms. The maximum atomic E-state index is 8.67. The Balaban J connectivity index is 2.83. The fourth-order valence-electron chi connectivity index (χ4n) is 1.08. The molecule has 0 bridgehead atoms. The average Bonchev–Trinajstić information content (AvgIpc) is 2.17. The van der Waals surface area contributed by atoms with Crippen molar-refractivity contribution in [3.05, 3.63) is 42.1 Å². The van der Waals surface area contributed by atoms with Gasteiger partial charge in [-0.3, -0.25) is 4.98 Å². The van der Waals surface area contributed by atoms with Gasteiger partial charge in [0, 0.05) is 11.6 Å². The van der Waals surface area contributed by atoms with Crippen molar-refractivity contribution < 1.29 is 1.37 Å². The molecule has 0 radical (unpaired) electrons. The van der Waals surface area contributed by atoms with E-state index < -0.39 is 0 Å². The summed E-state index contributed by atoms with van der Waals surface area (Å²) in [5.74, 6) is 0. The molecule has 1 heterocycles. The molecule has 0 fully saturated rings. The molecule has 0 unspecified atom stereocenters. The van der Waals surface area contributed by atoms with E-state index in [4.69, 9.17) is 6.63 Å². The molecule has 56 valence electrons. The van der Waals surface area contributed by atoms with Crippen LogP contribution in [0.4, 0.5) is 0 Å². The van der Waals surface area contributed by atoms with Gasteiger partial charge in [-0.2, -0.15) is 5.26 Å². The van der Waals surface area contributed by atoms with Gasteiger partial charge >= 0.3 is 0 Å². The van der Waals surface area contributed by atoms with E-state index in [-0.39, 0.29) is 6.17 Å². The number of fused-ring (bicyclic) bond motifs is 1. The summed E-state index contributed by atoms with van der Waals surface area (Å²) < 4.78 is 7.42. The smallest absolute Gasteiger partial charge is 0.101 e. The van der Waals surface area contributed by atoms with Gasteiger partial charge in [-0.1, -0.05) is 18.2 Å². The maximum absolute atomic E-state index is 8.67. The van der Waals surface area contributed by atoms with Crippen molar-refractivity contribution in [2.75, 3.05) is 0 Å². The van der Waals surface area contributed by atoms with Gasteiger partial charge < -0.3 is 0 Å². The molecule has 0 spiro atoms. The van der Waals surface area contributed by atoms with Crippen molar-refractivity contribution in [2.24, 2.45) is 0 Å². The van der Waals surface area contributed by atoms with Gasteiger partial charge in [-0.25, -0.2) is 0 Å². The molecule has 2 heteroatoms. The minimum absolute atomic E-state index is 0.0428. The molecule has 0 aliphatic carbocycles.